The van der Waals surface area contributed by atoms with Crippen molar-refractivity contribution >= 4 is 23.7 Å². The zero-order valence-corrected chi connectivity index (χ0v) is 15.1. The highest BCUT2D eigenvalue weighted by Crippen LogP contribution is 2.27. The summed E-state index contributed by atoms with van der Waals surface area (Å²) in [7, 11) is 0. The van der Waals surface area contributed by atoms with Crippen LogP contribution in [0.5, 0.6) is 0 Å². The fourth-order valence-corrected chi connectivity index (χ4v) is 2.42. The number of carbonyl (C=O) groups excluding carboxylic acids is 1. The van der Waals surface area contributed by atoms with Gasteiger partial charge < -0.3 is 14.2 Å². The number of amides is 1. The molecule has 22 heavy (non-hydrogen) atoms. The van der Waals surface area contributed by atoms with Crippen molar-refractivity contribution in [3.05, 3.63) is 0 Å². The number of ether oxygens (including phenoxy) is 1. The Labute approximate surface area is 135 Å². The largest absolute Gasteiger partial charge is 0.591 e. The minimum atomic E-state index is -1.61. The van der Waals surface area contributed by atoms with Gasteiger partial charge in [-0.2, -0.15) is 0 Å². The molecule has 1 fully saturated rings. The third-order valence-corrected chi connectivity index (χ3v) is 4.49. The zero-order valence-electron chi connectivity index (χ0n) is 14.3. The lowest BCUT2D eigenvalue weighted by atomic mass is 9.95. The molecule has 0 saturated carbocycles. The third-order valence-electron chi connectivity index (χ3n) is 3.15. The van der Waals surface area contributed by atoms with Crippen molar-refractivity contribution in [2.45, 2.75) is 70.4 Å². The number of hydrogen-bond donors (Lipinski definition) is 0. The van der Waals surface area contributed by atoms with Crippen molar-refractivity contribution in [1.82, 2.24) is 4.90 Å². The number of alkyl halides is 1. The van der Waals surface area contributed by atoms with Crippen LogP contribution in [0.25, 0.3) is 0 Å². The smallest absolute Gasteiger partial charge is 0.410 e. The second kappa shape index (κ2) is 6.74. The molecule has 0 aromatic heterocycles. The van der Waals surface area contributed by atoms with Crippen LogP contribution >= 0.6 is 0 Å². The van der Waals surface area contributed by atoms with Crippen molar-refractivity contribution in [3.63, 3.8) is 0 Å². The first-order chi connectivity index (χ1) is 9.82. The Bertz CT molecular complexity index is 421. The quantitative estimate of drug-likeness (QED) is 0.575. The van der Waals surface area contributed by atoms with E-state index in [0.29, 0.717) is 0 Å². The number of halogens is 1. The van der Waals surface area contributed by atoms with Gasteiger partial charge in [0.2, 0.25) is 0 Å². The summed E-state index contributed by atoms with van der Waals surface area (Å²) in [5.41, 5.74) is -2.17. The van der Waals surface area contributed by atoms with Gasteiger partial charge in [-0.1, -0.05) is 4.40 Å². The predicted molar refractivity (Wildman–Crippen MR) is 87.3 cm³/mol. The normalized spacial score (nSPS) is 21.0. The van der Waals surface area contributed by atoms with Gasteiger partial charge in [0.05, 0.1) is 6.21 Å². The van der Waals surface area contributed by atoms with E-state index in [1.54, 1.807) is 41.5 Å². The highest BCUT2D eigenvalue weighted by atomic mass is 32.2. The summed E-state index contributed by atoms with van der Waals surface area (Å²) in [4.78, 5) is 13.4. The van der Waals surface area contributed by atoms with Crippen molar-refractivity contribution in [3.8, 4) is 0 Å². The highest BCUT2D eigenvalue weighted by Gasteiger charge is 2.37. The topological polar surface area (TPSA) is 65.0 Å². The van der Waals surface area contributed by atoms with E-state index in [1.165, 1.54) is 4.90 Å². The van der Waals surface area contributed by atoms with Crippen molar-refractivity contribution < 1.29 is 18.5 Å². The fraction of sp³-hybridized carbons (Fsp3) is 0.867. The molecule has 0 spiro atoms. The second-order valence-electron chi connectivity index (χ2n) is 7.60. The molecule has 0 bridgehead atoms. The molecule has 1 amide bonds. The monoisotopic (exact) mass is 334 g/mol. The standard InChI is InChI=1S/C15H27FN2O3S/c1-13(2,3)21-12(19)18-9-7-15(16,8-10-18)11-17-22(20)14(4,5)6/h11H,7-10H2,1-6H3/b17-11+. The Hall–Kier alpha value is -0.820. The van der Waals surface area contributed by atoms with Crippen LogP contribution in [0, 0.1) is 0 Å². The van der Waals surface area contributed by atoms with E-state index >= 15 is 0 Å². The summed E-state index contributed by atoms with van der Waals surface area (Å²) >= 11 is -1.47. The minimum absolute atomic E-state index is 0.136. The van der Waals surface area contributed by atoms with Gasteiger partial charge in [-0.05, 0) is 41.5 Å². The molecule has 1 atom stereocenters. The van der Waals surface area contributed by atoms with E-state index in [2.05, 4.69) is 4.40 Å². The van der Waals surface area contributed by atoms with Gasteiger partial charge in [0, 0.05) is 25.9 Å². The first-order valence-corrected chi connectivity index (χ1v) is 8.57. The summed E-state index contributed by atoms with van der Waals surface area (Å²) < 4.78 is 35.1. The average molecular weight is 334 g/mol. The number of carbonyl (C=O) groups is 1. The average Bonchev–Trinajstić information content (AvgIpc) is 2.33. The summed E-state index contributed by atoms with van der Waals surface area (Å²) in [6.07, 6.45) is 0.999. The molecule has 0 aromatic rings. The highest BCUT2D eigenvalue weighted by molar-refractivity contribution is 7.91. The molecule has 1 rings (SSSR count). The van der Waals surface area contributed by atoms with E-state index in [4.69, 9.17) is 4.74 Å². The van der Waals surface area contributed by atoms with Gasteiger partial charge in [-0.25, -0.2) is 9.18 Å². The van der Waals surface area contributed by atoms with Crippen LogP contribution in [0.4, 0.5) is 9.18 Å². The second-order valence-corrected chi connectivity index (χ2v) is 9.53. The van der Waals surface area contributed by atoms with Crippen LogP contribution in [-0.2, 0) is 16.1 Å². The molecule has 1 unspecified atom stereocenters. The van der Waals surface area contributed by atoms with Gasteiger partial charge in [0.25, 0.3) is 0 Å². The number of nitrogens with zero attached hydrogens (tertiary/aromatic N) is 2. The molecule has 1 saturated heterocycles. The maximum absolute atomic E-state index is 14.6. The van der Waals surface area contributed by atoms with Gasteiger partial charge in [-0.3, -0.25) is 0 Å². The van der Waals surface area contributed by atoms with Crippen molar-refractivity contribution in [1.29, 1.82) is 0 Å². The Morgan fingerprint density at radius 2 is 1.77 bits per heavy atom. The van der Waals surface area contributed by atoms with Crippen LogP contribution in [0.2, 0.25) is 0 Å². The van der Waals surface area contributed by atoms with E-state index in [1.807, 2.05) is 0 Å². The zero-order chi connectivity index (χ0) is 17.2. The van der Waals surface area contributed by atoms with Crippen LogP contribution in [0.15, 0.2) is 4.40 Å². The van der Waals surface area contributed by atoms with Gasteiger partial charge >= 0.3 is 6.09 Å². The Morgan fingerprint density at radius 1 is 1.27 bits per heavy atom. The molecule has 0 radical (unpaired) electrons. The Morgan fingerprint density at radius 3 is 2.18 bits per heavy atom. The predicted octanol–water partition coefficient (Wildman–Crippen LogP) is 3.26. The molecule has 0 N–H and O–H groups in total. The van der Waals surface area contributed by atoms with E-state index in [9.17, 15) is 13.7 Å². The summed E-state index contributed by atoms with van der Waals surface area (Å²) in [5, 5.41) is 0. The summed E-state index contributed by atoms with van der Waals surface area (Å²) in [5.74, 6) is 0. The van der Waals surface area contributed by atoms with Gasteiger partial charge in [0.1, 0.15) is 21.7 Å². The first kappa shape index (κ1) is 19.2. The number of likely N-dealkylation sites (tertiary alicyclic amines) is 1. The van der Waals surface area contributed by atoms with Crippen LogP contribution in [-0.4, -0.2) is 50.9 Å². The Balaban J connectivity index is 2.57. The molecular formula is C15H27FN2O3S. The lowest BCUT2D eigenvalue weighted by Crippen LogP contribution is -2.47. The number of rotatable bonds is 2. The molecule has 1 heterocycles. The van der Waals surface area contributed by atoms with Gasteiger partial charge in [0.15, 0.2) is 5.67 Å². The molecular weight excluding hydrogens is 307 g/mol. The van der Waals surface area contributed by atoms with Crippen LogP contribution < -0.4 is 0 Å². The minimum Gasteiger partial charge on any atom is -0.591 e. The van der Waals surface area contributed by atoms with Crippen LogP contribution in [0.3, 0.4) is 0 Å². The molecule has 0 aliphatic carbocycles. The van der Waals surface area contributed by atoms with E-state index < -0.39 is 33.5 Å². The Kier molecular flexibility index (Phi) is 5.89. The fourth-order valence-electron chi connectivity index (χ4n) is 1.82. The lowest BCUT2D eigenvalue weighted by Gasteiger charge is -2.35. The van der Waals surface area contributed by atoms with Crippen molar-refractivity contribution in [2.24, 2.45) is 4.40 Å². The summed E-state index contributed by atoms with van der Waals surface area (Å²) in [6, 6.07) is 0. The molecule has 7 heteroatoms. The third kappa shape index (κ3) is 6.12. The number of piperidine rings is 1. The molecule has 0 aromatic carbocycles. The molecule has 128 valence electrons. The first-order valence-electron chi connectivity index (χ1n) is 7.46. The lowest BCUT2D eigenvalue weighted by molar-refractivity contribution is 0.0131. The van der Waals surface area contributed by atoms with E-state index in [-0.39, 0.29) is 25.9 Å². The summed E-state index contributed by atoms with van der Waals surface area (Å²) in [6.45, 7) is 11.3. The van der Waals surface area contributed by atoms with Gasteiger partial charge in [-0.15, -0.1) is 0 Å². The van der Waals surface area contributed by atoms with Crippen LogP contribution in [0.1, 0.15) is 54.4 Å². The SMILES string of the molecule is CC(C)(C)OC(=O)N1CCC(F)(/C=N/[S+]([O-])C(C)(C)C)CC1. The molecule has 1 aliphatic rings. The molecule has 1 aliphatic heterocycles. The van der Waals surface area contributed by atoms with E-state index in [0.717, 1.165) is 6.21 Å². The number of hydrogen-bond acceptors (Lipinski definition) is 4. The maximum Gasteiger partial charge on any atom is 0.410 e. The van der Waals surface area contributed by atoms with Crippen molar-refractivity contribution in [2.75, 3.05) is 13.1 Å². The maximum atomic E-state index is 14.6. The molecule has 5 nitrogen and oxygen atoms in total.